The van der Waals surface area contributed by atoms with E-state index in [1.54, 1.807) is 20.3 Å². The molecule has 0 aromatic heterocycles. The number of hydrogen-bond donors (Lipinski definition) is 0. The monoisotopic (exact) mass is 351 g/mol. The third kappa shape index (κ3) is 3.90. The minimum atomic E-state index is 0.00899. The molecule has 2 aromatic carbocycles. The lowest BCUT2D eigenvalue weighted by Crippen LogP contribution is -2.29. The molecule has 0 radical (unpaired) electrons. The van der Waals surface area contributed by atoms with Gasteiger partial charge in [-0.25, -0.2) is 0 Å². The van der Waals surface area contributed by atoms with Gasteiger partial charge in [0.1, 0.15) is 11.5 Å². The molecule has 136 valence electrons. The third-order valence-electron chi connectivity index (χ3n) is 4.79. The molecule has 0 unspecified atom stereocenters. The van der Waals surface area contributed by atoms with E-state index in [0.717, 1.165) is 42.0 Å². The van der Waals surface area contributed by atoms with Crippen molar-refractivity contribution < 1.29 is 14.3 Å². The Bertz CT molecular complexity index is 813. The molecule has 4 heteroatoms. The Morgan fingerprint density at radius 1 is 1.15 bits per heavy atom. The zero-order valence-electron chi connectivity index (χ0n) is 15.6. The minimum absolute atomic E-state index is 0.00899. The maximum Gasteiger partial charge on any atom is 0.247 e. The average Bonchev–Trinajstić information content (AvgIpc) is 3.15. The van der Waals surface area contributed by atoms with E-state index in [-0.39, 0.29) is 11.9 Å². The van der Waals surface area contributed by atoms with Gasteiger partial charge in [-0.1, -0.05) is 29.8 Å². The van der Waals surface area contributed by atoms with Gasteiger partial charge < -0.3 is 14.4 Å². The number of likely N-dealkylation sites (tertiary alicyclic amines) is 1. The summed E-state index contributed by atoms with van der Waals surface area (Å²) in [5.74, 6) is 1.59. The first-order chi connectivity index (χ1) is 12.6. The van der Waals surface area contributed by atoms with Crippen LogP contribution in [-0.4, -0.2) is 31.6 Å². The van der Waals surface area contributed by atoms with Crippen LogP contribution >= 0.6 is 0 Å². The van der Waals surface area contributed by atoms with Crippen LogP contribution in [0.4, 0.5) is 0 Å². The summed E-state index contributed by atoms with van der Waals surface area (Å²) in [6, 6.07) is 13.9. The average molecular weight is 351 g/mol. The predicted molar refractivity (Wildman–Crippen MR) is 103 cm³/mol. The Hall–Kier alpha value is -2.75. The van der Waals surface area contributed by atoms with Gasteiger partial charge in [0.2, 0.25) is 5.91 Å². The van der Waals surface area contributed by atoms with Crippen LogP contribution in [0, 0.1) is 6.92 Å². The highest BCUT2D eigenvalue weighted by Gasteiger charge is 2.31. The molecule has 1 aliphatic heterocycles. The largest absolute Gasteiger partial charge is 0.497 e. The normalized spacial score (nSPS) is 16.9. The molecule has 3 rings (SSSR count). The summed E-state index contributed by atoms with van der Waals surface area (Å²) in [5, 5.41) is 0. The Kier molecular flexibility index (Phi) is 5.61. The van der Waals surface area contributed by atoms with E-state index < -0.39 is 0 Å². The highest BCUT2D eigenvalue weighted by Crippen LogP contribution is 2.39. The molecule has 1 fully saturated rings. The van der Waals surface area contributed by atoms with Crippen molar-refractivity contribution in [2.24, 2.45) is 0 Å². The van der Waals surface area contributed by atoms with Gasteiger partial charge >= 0.3 is 0 Å². The molecular weight excluding hydrogens is 326 g/mol. The zero-order chi connectivity index (χ0) is 18.5. The van der Waals surface area contributed by atoms with Crippen LogP contribution in [0.5, 0.6) is 11.5 Å². The van der Waals surface area contributed by atoms with Crippen molar-refractivity contribution in [1.82, 2.24) is 4.90 Å². The fourth-order valence-corrected chi connectivity index (χ4v) is 3.49. The van der Waals surface area contributed by atoms with Crippen LogP contribution in [0.25, 0.3) is 6.08 Å². The topological polar surface area (TPSA) is 38.8 Å². The van der Waals surface area contributed by atoms with E-state index >= 15 is 0 Å². The first kappa shape index (κ1) is 18.1. The maximum absolute atomic E-state index is 12.8. The van der Waals surface area contributed by atoms with Crippen molar-refractivity contribution in [3.05, 3.63) is 65.2 Å². The molecule has 1 saturated heterocycles. The molecule has 0 aliphatic carbocycles. The number of nitrogens with zero attached hydrogens (tertiary/aromatic N) is 1. The van der Waals surface area contributed by atoms with Gasteiger partial charge in [-0.3, -0.25) is 4.79 Å². The lowest BCUT2D eigenvalue weighted by Gasteiger charge is -2.25. The van der Waals surface area contributed by atoms with Crippen LogP contribution < -0.4 is 9.47 Å². The van der Waals surface area contributed by atoms with Crippen LogP contribution in [0.15, 0.2) is 48.5 Å². The summed E-state index contributed by atoms with van der Waals surface area (Å²) in [5.41, 5.74) is 3.22. The number of hydrogen-bond acceptors (Lipinski definition) is 3. The SMILES string of the molecule is COc1ccc(OC)c([C@@H]2CCCN2C(=O)/C=C\c2cccc(C)c2)c1. The van der Waals surface area contributed by atoms with E-state index in [0.29, 0.717) is 0 Å². The number of carbonyl (C=O) groups excluding carboxylic acids is 1. The van der Waals surface area contributed by atoms with Crippen molar-refractivity contribution in [3.8, 4) is 11.5 Å². The smallest absolute Gasteiger partial charge is 0.247 e. The highest BCUT2D eigenvalue weighted by molar-refractivity contribution is 5.92. The molecule has 0 N–H and O–H groups in total. The van der Waals surface area contributed by atoms with E-state index in [9.17, 15) is 4.79 Å². The molecule has 0 bridgehead atoms. The van der Waals surface area contributed by atoms with E-state index in [4.69, 9.17) is 9.47 Å². The molecule has 1 amide bonds. The molecule has 0 saturated carbocycles. The predicted octanol–water partition coefficient (Wildman–Crippen LogP) is 4.39. The fraction of sp³-hybridized carbons (Fsp3) is 0.318. The van der Waals surface area contributed by atoms with E-state index in [2.05, 4.69) is 6.07 Å². The Balaban J connectivity index is 1.83. The summed E-state index contributed by atoms with van der Waals surface area (Å²) in [6.45, 7) is 2.80. The summed E-state index contributed by atoms with van der Waals surface area (Å²) in [7, 11) is 3.30. The minimum Gasteiger partial charge on any atom is -0.497 e. The van der Waals surface area contributed by atoms with Crippen molar-refractivity contribution >= 4 is 12.0 Å². The Morgan fingerprint density at radius 2 is 2.00 bits per heavy atom. The van der Waals surface area contributed by atoms with E-state index in [1.165, 1.54) is 5.56 Å². The molecule has 26 heavy (non-hydrogen) atoms. The zero-order valence-corrected chi connectivity index (χ0v) is 15.6. The Labute approximate surface area is 155 Å². The fourth-order valence-electron chi connectivity index (χ4n) is 3.49. The molecule has 1 aliphatic rings. The first-order valence-corrected chi connectivity index (χ1v) is 8.89. The van der Waals surface area contributed by atoms with Crippen molar-refractivity contribution in [2.75, 3.05) is 20.8 Å². The lowest BCUT2D eigenvalue weighted by atomic mass is 10.0. The number of benzene rings is 2. The summed E-state index contributed by atoms with van der Waals surface area (Å²) in [4.78, 5) is 14.7. The van der Waals surface area contributed by atoms with Crippen molar-refractivity contribution in [2.45, 2.75) is 25.8 Å². The summed E-state index contributed by atoms with van der Waals surface area (Å²) < 4.78 is 10.9. The number of rotatable bonds is 5. The number of methoxy groups -OCH3 is 2. The van der Waals surface area contributed by atoms with Crippen molar-refractivity contribution in [3.63, 3.8) is 0 Å². The quantitative estimate of drug-likeness (QED) is 0.750. The van der Waals surface area contributed by atoms with Gasteiger partial charge in [-0.05, 0) is 49.6 Å². The van der Waals surface area contributed by atoms with Gasteiger partial charge in [0.05, 0.1) is 20.3 Å². The van der Waals surface area contributed by atoms with Gasteiger partial charge in [0, 0.05) is 18.2 Å². The number of carbonyl (C=O) groups is 1. The number of aryl methyl sites for hydroxylation is 1. The highest BCUT2D eigenvalue weighted by atomic mass is 16.5. The molecular formula is C22H25NO3. The van der Waals surface area contributed by atoms with Crippen LogP contribution in [0.2, 0.25) is 0 Å². The van der Waals surface area contributed by atoms with E-state index in [1.807, 2.05) is 54.3 Å². The van der Waals surface area contributed by atoms with Gasteiger partial charge in [-0.15, -0.1) is 0 Å². The van der Waals surface area contributed by atoms with Crippen LogP contribution in [0.3, 0.4) is 0 Å². The van der Waals surface area contributed by atoms with Crippen LogP contribution in [0.1, 0.15) is 35.6 Å². The van der Waals surface area contributed by atoms with Crippen LogP contribution in [-0.2, 0) is 4.79 Å². The standard InChI is InChI=1S/C22H25NO3/c1-16-6-4-7-17(14-16)9-12-22(24)23-13-5-8-20(23)19-15-18(25-2)10-11-21(19)26-3/h4,6-7,9-12,14-15,20H,5,8,13H2,1-3H3/b12-9-/t20-/m0/s1. The second kappa shape index (κ2) is 8.09. The van der Waals surface area contributed by atoms with Gasteiger partial charge in [0.15, 0.2) is 0 Å². The third-order valence-corrected chi connectivity index (χ3v) is 4.79. The number of ether oxygens (including phenoxy) is 2. The number of amides is 1. The molecule has 1 atom stereocenters. The second-order valence-electron chi connectivity index (χ2n) is 6.55. The molecule has 0 spiro atoms. The second-order valence-corrected chi connectivity index (χ2v) is 6.55. The van der Waals surface area contributed by atoms with Gasteiger partial charge in [-0.2, -0.15) is 0 Å². The maximum atomic E-state index is 12.8. The van der Waals surface area contributed by atoms with Gasteiger partial charge in [0.25, 0.3) is 0 Å². The Morgan fingerprint density at radius 3 is 2.73 bits per heavy atom. The summed E-state index contributed by atoms with van der Waals surface area (Å²) in [6.07, 6.45) is 5.45. The lowest BCUT2D eigenvalue weighted by molar-refractivity contribution is -0.126. The molecule has 1 heterocycles. The summed E-state index contributed by atoms with van der Waals surface area (Å²) >= 11 is 0. The van der Waals surface area contributed by atoms with Crippen molar-refractivity contribution in [1.29, 1.82) is 0 Å². The molecule has 2 aromatic rings. The first-order valence-electron chi connectivity index (χ1n) is 8.89. The molecule has 4 nitrogen and oxygen atoms in total.